The molecule has 0 aliphatic carbocycles. The first-order valence-corrected chi connectivity index (χ1v) is 12.5. The average Bonchev–Trinajstić information content (AvgIpc) is 2.29. The van der Waals surface area contributed by atoms with E-state index in [1.165, 1.54) is 22.3 Å². The number of hydrogen-bond acceptors (Lipinski definition) is 0. The van der Waals surface area contributed by atoms with Crippen LogP contribution in [0.2, 0.25) is 13.1 Å². The van der Waals surface area contributed by atoms with Crippen molar-refractivity contribution in [1.82, 2.24) is 0 Å². The molecule has 0 aromatic heterocycles. The fourth-order valence-electron chi connectivity index (χ4n) is 1.13. The van der Waals surface area contributed by atoms with Gasteiger partial charge in [0, 0.05) is 0 Å². The molecule has 1 nitrogen and oxygen atoms in total. The Morgan fingerprint density at radius 3 is 1.40 bits per heavy atom. The average molecular weight is 414 g/mol. The molecule has 0 fully saturated rings. The Bertz CT molecular complexity index is 349. The Hall–Kier alpha value is 0.990. The van der Waals surface area contributed by atoms with Crippen molar-refractivity contribution < 1.29 is 48.1 Å². The van der Waals surface area contributed by atoms with Crippen molar-refractivity contribution in [2.45, 2.75) is 67.1 Å². The zero-order chi connectivity index (χ0) is 15.1. The van der Waals surface area contributed by atoms with Gasteiger partial charge in [-0.05, 0) is 0 Å². The van der Waals surface area contributed by atoms with Crippen molar-refractivity contribution >= 4 is 5.43 Å². The molecule has 0 atom stereocenters. The summed E-state index contributed by atoms with van der Waals surface area (Å²) < 4.78 is 0. The Morgan fingerprint density at radius 1 is 1.10 bits per heavy atom. The minimum Gasteiger partial charge on any atom is -1.00 e. The molecular weight excluding hydrogens is 384 g/mol. The second kappa shape index (κ2) is 13.6. The van der Waals surface area contributed by atoms with Gasteiger partial charge >= 0.3 is 41.9 Å². The van der Waals surface area contributed by atoms with Gasteiger partial charge in [0.1, 0.15) is 0 Å². The van der Waals surface area contributed by atoms with E-state index in [1.54, 1.807) is 23.3 Å². The standard InChI is InChI=1S/C9H13.C4H10N.C2H6Si.2ClH.Zr/c1-6-5-7(2)9(4)8(6)3;1-4(2,3)5;1-3-2;;;/h5H,1-4H3;5H,1-3H3;1-2H3;2*1H;/q2*-1;;;;+2/p-2. The third-order valence-electron chi connectivity index (χ3n) is 2.18. The number of rotatable bonds is 0. The van der Waals surface area contributed by atoms with Gasteiger partial charge in [0.05, 0.1) is 0 Å². The van der Waals surface area contributed by atoms with Gasteiger partial charge in [-0.1, -0.05) is 48.5 Å². The quantitative estimate of drug-likeness (QED) is 0.396. The van der Waals surface area contributed by atoms with Gasteiger partial charge in [0.15, 0.2) is 0 Å². The molecule has 118 valence electrons. The predicted molar refractivity (Wildman–Crippen MR) is 82.5 cm³/mol. The van der Waals surface area contributed by atoms with Crippen LogP contribution >= 0.6 is 0 Å². The second-order valence-corrected chi connectivity index (χ2v) is 15.4. The Balaban J connectivity index is -0.000000102. The van der Waals surface area contributed by atoms with Crippen LogP contribution in [0.3, 0.4) is 0 Å². The van der Waals surface area contributed by atoms with Gasteiger partial charge in [-0.25, -0.2) is 0 Å². The van der Waals surface area contributed by atoms with Crippen LogP contribution < -0.4 is 24.8 Å². The topological polar surface area (TPSA) is 23.8 Å². The molecule has 0 unspecified atom stereocenters. The molecule has 20 heavy (non-hydrogen) atoms. The van der Waals surface area contributed by atoms with Crippen LogP contribution in [-0.4, -0.2) is 11.0 Å². The Morgan fingerprint density at radius 2 is 1.35 bits per heavy atom. The van der Waals surface area contributed by atoms with Gasteiger partial charge in [0.25, 0.3) is 0 Å². The van der Waals surface area contributed by atoms with Crippen LogP contribution in [0.4, 0.5) is 0 Å². The Labute approximate surface area is 154 Å². The summed E-state index contributed by atoms with van der Waals surface area (Å²) >= 11 is 1.74. The molecule has 1 aromatic rings. The molecule has 0 radical (unpaired) electrons. The van der Waals surface area contributed by atoms with Crippen molar-refractivity contribution in [2.75, 3.05) is 0 Å². The largest absolute Gasteiger partial charge is 1.00 e. The summed E-state index contributed by atoms with van der Waals surface area (Å²) in [5.74, 6) is 0. The van der Waals surface area contributed by atoms with Crippen LogP contribution in [0.5, 0.6) is 0 Å². The third kappa shape index (κ3) is 21.3. The molecule has 1 rings (SSSR count). The normalized spacial score (nSPS) is 9.00. The van der Waals surface area contributed by atoms with Crippen LogP contribution in [-0.2, 0) is 23.3 Å². The number of nitrogens with one attached hydrogen (secondary N) is 1. The molecule has 5 heteroatoms. The second-order valence-electron chi connectivity index (χ2n) is 6.01. The molecule has 0 aliphatic heterocycles. The van der Waals surface area contributed by atoms with Gasteiger partial charge in [0.2, 0.25) is 0 Å². The summed E-state index contributed by atoms with van der Waals surface area (Å²) in [5.41, 5.74) is 12.6. The molecule has 1 aromatic carbocycles. The van der Waals surface area contributed by atoms with E-state index in [0.717, 1.165) is 0 Å². The van der Waals surface area contributed by atoms with Gasteiger partial charge in [-0.2, -0.15) is 28.3 Å². The predicted octanol–water partition coefficient (Wildman–Crippen LogP) is -0.731. The van der Waals surface area contributed by atoms with Crippen molar-refractivity contribution in [1.29, 1.82) is 0 Å². The van der Waals surface area contributed by atoms with E-state index in [4.69, 9.17) is 5.73 Å². The molecule has 0 aliphatic rings. The van der Waals surface area contributed by atoms with E-state index in [1.807, 2.05) is 20.8 Å². The summed E-state index contributed by atoms with van der Waals surface area (Å²) in [4.78, 5) is 0. The van der Waals surface area contributed by atoms with Crippen LogP contribution in [0.1, 0.15) is 43.0 Å². The van der Waals surface area contributed by atoms with Crippen molar-refractivity contribution in [3.05, 3.63) is 34.1 Å². The zero-order valence-electron chi connectivity index (χ0n) is 14.3. The van der Waals surface area contributed by atoms with E-state index >= 15 is 0 Å². The molecular formula is C15H29Cl2NSiZr-2. The first-order valence-electron chi connectivity index (χ1n) is 6.33. The minimum absolute atomic E-state index is 0. The summed E-state index contributed by atoms with van der Waals surface area (Å²) in [5, 5.41) is 0. The zero-order valence-corrected chi connectivity index (χ0v) is 19.3. The fourth-order valence-corrected chi connectivity index (χ4v) is 1.13. The van der Waals surface area contributed by atoms with E-state index in [9.17, 15) is 0 Å². The van der Waals surface area contributed by atoms with E-state index in [-0.39, 0.29) is 35.8 Å². The van der Waals surface area contributed by atoms with Crippen LogP contribution in [0.25, 0.3) is 5.73 Å². The SMILES string of the molecule is CC(C)(C)[NH-].C[Si](C)=[Zr+2].Cc1c[c-](C)c(C)c1C.[Cl-].[Cl-]. The molecule has 0 saturated carbocycles. The monoisotopic (exact) mass is 411 g/mol. The third-order valence-corrected chi connectivity index (χ3v) is 2.18. The maximum atomic E-state index is 6.94. The first kappa shape index (κ1) is 29.1. The maximum Gasteiger partial charge on any atom is -0.0630 e. The smallest absolute Gasteiger partial charge is 0.0630 e. The first-order chi connectivity index (χ1) is 7.86. The molecule has 0 heterocycles. The number of aryl methyl sites for hydroxylation is 2. The molecule has 0 amide bonds. The maximum absolute atomic E-state index is 6.94. The minimum atomic E-state index is -0.250. The fraction of sp³-hybridized carbons (Fsp3) is 0.667. The summed E-state index contributed by atoms with van der Waals surface area (Å²) in [6.45, 7) is 18.9. The van der Waals surface area contributed by atoms with Crippen molar-refractivity contribution in [3.8, 4) is 0 Å². The van der Waals surface area contributed by atoms with Crippen LogP contribution in [0.15, 0.2) is 6.07 Å². The molecule has 0 bridgehead atoms. The van der Waals surface area contributed by atoms with Gasteiger partial charge < -0.3 is 30.5 Å². The molecule has 0 spiro atoms. The Kier molecular flexibility index (Phi) is 19.8. The summed E-state index contributed by atoms with van der Waals surface area (Å²) in [7, 11) is 0. The molecule has 0 saturated heterocycles. The number of hydrogen-bond donors (Lipinski definition) is 0. The van der Waals surface area contributed by atoms with E-state index < -0.39 is 0 Å². The van der Waals surface area contributed by atoms with Crippen molar-refractivity contribution in [3.63, 3.8) is 0 Å². The van der Waals surface area contributed by atoms with E-state index in [0.29, 0.717) is 0 Å². The summed E-state index contributed by atoms with van der Waals surface area (Å²) in [6, 6.07) is 2.24. The molecule has 1 N–H and O–H groups in total. The van der Waals surface area contributed by atoms with Gasteiger partial charge in [-0.3, -0.25) is 0 Å². The van der Waals surface area contributed by atoms with E-state index in [2.05, 4.69) is 46.9 Å². The summed E-state index contributed by atoms with van der Waals surface area (Å²) in [6.07, 6.45) is 0. The number of halogens is 2. The van der Waals surface area contributed by atoms with Gasteiger partial charge in [-0.15, -0.1) is 5.54 Å². The van der Waals surface area contributed by atoms with Crippen molar-refractivity contribution in [2.24, 2.45) is 0 Å². The van der Waals surface area contributed by atoms with Crippen LogP contribution in [0, 0.1) is 27.7 Å².